The Morgan fingerprint density at radius 1 is 1.30 bits per heavy atom. The fraction of sp³-hybridized carbons (Fsp3) is 0.588. The summed E-state index contributed by atoms with van der Waals surface area (Å²) in [5, 5.41) is 20.4. The summed E-state index contributed by atoms with van der Waals surface area (Å²) in [6, 6.07) is 8.89. The van der Waals surface area contributed by atoms with Gasteiger partial charge in [0.05, 0.1) is 17.2 Å². The van der Waals surface area contributed by atoms with Gasteiger partial charge in [-0.2, -0.15) is 5.26 Å². The van der Waals surface area contributed by atoms with Gasteiger partial charge < -0.3 is 10.0 Å². The minimum absolute atomic E-state index is 0.470. The summed E-state index contributed by atoms with van der Waals surface area (Å²) in [6.07, 6.45) is 5.19. The van der Waals surface area contributed by atoms with Crippen molar-refractivity contribution >= 4 is 0 Å². The minimum Gasteiger partial charge on any atom is -0.385 e. The van der Waals surface area contributed by atoms with Crippen LogP contribution in [0.15, 0.2) is 18.2 Å². The van der Waals surface area contributed by atoms with Crippen molar-refractivity contribution in [2.45, 2.75) is 56.7 Å². The SMILES string of the molecule is Cc1c(C#N)cccc1C1(O)CC2CCCC(C1)N2C. The molecule has 3 rings (SSSR count). The van der Waals surface area contributed by atoms with Gasteiger partial charge >= 0.3 is 0 Å². The van der Waals surface area contributed by atoms with Gasteiger partial charge in [0.1, 0.15) is 0 Å². The molecule has 2 heterocycles. The topological polar surface area (TPSA) is 47.3 Å². The molecule has 3 nitrogen and oxygen atoms in total. The maximum Gasteiger partial charge on any atom is 0.0994 e. The van der Waals surface area contributed by atoms with Crippen LogP contribution in [0, 0.1) is 18.3 Å². The molecule has 0 radical (unpaired) electrons. The van der Waals surface area contributed by atoms with Gasteiger partial charge in [-0.05, 0) is 56.8 Å². The Labute approximate surface area is 120 Å². The Morgan fingerprint density at radius 2 is 1.95 bits per heavy atom. The van der Waals surface area contributed by atoms with Crippen LogP contribution in [-0.2, 0) is 5.60 Å². The second kappa shape index (κ2) is 4.87. The van der Waals surface area contributed by atoms with Crippen LogP contribution in [0.3, 0.4) is 0 Å². The molecule has 0 aliphatic carbocycles. The van der Waals surface area contributed by atoms with Crippen LogP contribution in [0.1, 0.15) is 48.8 Å². The number of piperidine rings is 2. The third-order valence-corrected chi connectivity index (χ3v) is 5.33. The summed E-state index contributed by atoms with van der Waals surface area (Å²) in [5.41, 5.74) is 1.82. The molecule has 2 bridgehead atoms. The van der Waals surface area contributed by atoms with Gasteiger partial charge in [-0.1, -0.05) is 18.6 Å². The van der Waals surface area contributed by atoms with Gasteiger partial charge in [0, 0.05) is 12.1 Å². The van der Waals surface area contributed by atoms with Crippen molar-refractivity contribution in [1.82, 2.24) is 4.90 Å². The molecule has 2 unspecified atom stereocenters. The number of aliphatic hydroxyl groups is 1. The van der Waals surface area contributed by atoms with Crippen LogP contribution in [0.2, 0.25) is 0 Å². The van der Waals surface area contributed by atoms with Crippen LogP contribution in [-0.4, -0.2) is 29.1 Å². The highest BCUT2D eigenvalue weighted by Crippen LogP contribution is 2.44. The highest BCUT2D eigenvalue weighted by molar-refractivity contribution is 5.44. The quantitative estimate of drug-likeness (QED) is 0.853. The van der Waals surface area contributed by atoms with Crippen molar-refractivity contribution in [2.24, 2.45) is 0 Å². The van der Waals surface area contributed by atoms with E-state index in [0.717, 1.165) is 24.0 Å². The predicted octanol–water partition coefficient (Wildman–Crippen LogP) is 2.70. The molecule has 2 fully saturated rings. The van der Waals surface area contributed by atoms with Crippen molar-refractivity contribution in [3.63, 3.8) is 0 Å². The van der Waals surface area contributed by atoms with Gasteiger partial charge in [-0.25, -0.2) is 0 Å². The van der Waals surface area contributed by atoms with Crippen molar-refractivity contribution in [1.29, 1.82) is 5.26 Å². The Morgan fingerprint density at radius 3 is 2.55 bits per heavy atom. The van der Waals surface area contributed by atoms with Crippen LogP contribution < -0.4 is 0 Å². The first-order chi connectivity index (χ1) is 9.55. The average molecular weight is 270 g/mol. The van der Waals surface area contributed by atoms with Gasteiger partial charge in [0.15, 0.2) is 0 Å². The molecule has 2 saturated heterocycles. The highest BCUT2D eigenvalue weighted by atomic mass is 16.3. The van der Waals surface area contributed by atoms with Gasteiger partial charge in [0.2, 0.25) is 0 Å². The number of benzene rings is 1. The molecule has 1 aromatic rings. The van der Waals surface area contributed by atoms with Crippen LogP contribution >= 0.6 is 0 Å². The van der Waals surface area contributed by atoms with Gasteiger partial charge in [0.25, 0.3) is 0 Å². The second-order valence-electron chi connectivity index (χ2n) is 6.43. The van der Waals surface area contributed by atoms with E-state index in [-0.39, 0.29) is 0 Å². The smallest absolute Gasteiger partial charge is 0.0994 e. The normalized spacial score (nSPS) is 33.7. The molecule has 2 atom stereocenters. The van der Waals surface area contributed by atoms with Crippen molar-refractivity contribution in [2.75, 3.05) is 7.05 Å². The standard InChI is InChI=1S/C17H22N2O/c1-12-13(11-18)5-3-8-16(12)17(20)9-14-6-4-7-15(10-17)19(14)2/h3,5,8,14-15,20H,4,6-7,9-10H2,1-2H3. The van der Waals surface area contributed by atoms with E-state index in [1.54, 1.807) is 0 Å². The number of fused-ring (bicyclic) bond motifs is 2. The van der Waals surface area contributed by atoms with Crippen LogP contribution in [0.5, 0.6) is 0 Å². The van der Waals surface area contributed by atoms with Crippen LogP contribution in [0.25, 0.3) is 0 Å². The zero-order valence-corrected chi connectivity index (χ0v) is 12.3. The predicted molar refractivity (Wildman–Crippen MR) is 78.2 cm³/mol. The molecular weight excluding hydrogens is 248 g/mol. The average Bonchev–Trinajstić information content (AvgIpc) is 2.41. The molecule has 106 valence electrons. The molecule has 3 heteroatoms. The number of nitriles is 1. The molecule has 20 heavy (non-hydrogen) atoms. The Hall–Kier alpha value is -1.37. The van der Waals surface area contributed by atoms with E-state index in [9.17, 15) is 10.4 Å². The fourth-order valence-electron chi connectivity index (χ4n) is 4.13. The molecule has 0 spiro atoms. The molecular formula is C17H22N2O. The van der Waals surface area contributed by atoms with Gasteiger partial charge in [-0.15, -0.1) is 0 Å². The molecule has 0 amide bonds. The summed E-state index contributed by atoms with van der Waals surface area (Å²) in [6.45, 7) is 1.96. The summed E-state index contributed by atoms with van der Waals surface area (Å²) in [4.78, 5) is 2.45. The monoisotopic (exact) mass is 270 g/mol. The molecule has 2 aliphatic heterocycles. The van der Waals surface area contributed by atoms with E-state index in [0.29, 0.717) is 17.6 Å². The third-order valence-electron chi connectivity index (χ3n) is 5.33. The zero-order valence-electron chi connectivity index (χ0n) is 12.3. The first-order valence-corrected chi connectivity index (χ1v) is 7.49. The number of rotatable bonds is 1. The van der Waals surface area contributed by atoms with Gasteiger partial charge in [-0.3, -0.25) is 0 Å². The summed E-state index contributed by atoms with van der Waals surface area (Å²) >= 11 is 0. The number of nitrogens with zero attached hydrogens (tertiary/aromatic N) is 2. The number of hydrogen-bond donors (Lipinski definition) is 1. The largest absolute Gasteiger partial charge is 0.385 e. The van der Waals surface area contributed by atoms with E-state index < -0.39 is 5.60 Å². The van der Waals surface area contributed by atoms with Crippen molar-refractivity contribution in [3.8, 4) is 6.07 Å². The molecule has 2 aliphatic rings. The maximum atomic E-state index is 11.2. The fourth-order valence-corrected chi connectivity index (χ4v) is 4.13. The Kier molecular flexibility index (Phi) is 3.32. The maximum absolute atomic E-state index is 11.2. The van der Waals surface area contributed by atoms with E-state index in [4.69, 9.17) is 0 Å². The van der Waals surface area contributed by atoms with Crippen LogP contribution in [0.4, 0.5) is 0 Å². The third kappa shape index (κ3) is 2.04. The zero-order chi connectivity index (χ0) is 14.3. The summed E-state index contributed by atoms with van der Waals surface area (Å²) in [5.74, 6) is 0. The van der Waals surface area contributed by atoms with Crippen molar-refractivity contribution in [3.05, 3.63) is 34.9 Å². The van der Waals surface area contributed by atoms with E-state index in [2.05, 4.69) is 18.0 Å². The van der Waals surface area contributed by atoms with Crippen molar-refractivity contribution < 1.29 is 5.11 Å². The lowest BCUT2D eigenvalue weighted by molar-refractivity contribution is -0.0877. The minimum atomic E-state index is -0.765. The number of hydrogen-bond acceptors (Lipinski definition) is 3. The highest BCUT2D eigenvalue weighted by Gasteiger charge is 2.45. The van der Waals surface area contributed by atoms with E-state index in [1.807, 2.05) is 25.1 Å². The first-order valence-electron chi connectivity index (χ1n) is 7.49. The van der Waals surface area contributed by atoms with E-state index in [1.165, 1.54) is 19.3 Å². The Bertz CT molecular complexity index is 547. The molecule has 1 N–H and O–H groups in total. The van der Waals surface area contributed by atoms with E-state index >= 15 is 0 Å². The molecule has 1 aromatic carbocycles. The lowest BCUT2D eigenvalue weighted by Gasteiger charge is -2.51. The second-order valence-corrected chi connectivity index (χ2v) is 6.43. The first kappa shape index (κ1) is 13.6. The molecule has 0 aromatic heterocycles. The Balaban J connectivity index is 2.00. The summed E-state index contributed by atoms with van der Waals surface area (Å²) < 4.78 is 0. The lowest BCUT2D eigenvalue weighted by Crippen LogP contribution is -2.55. The summed E-state index contributed by atoms with van der Waals surface area (Å²) in [7, 11) is 2.19. The molecule has 0 saturated carbocycles. The lowest BCUT2D eigenvalue weighted by atomic mass is 9.71.